The van der Waals surface area contributed by atoms with Crippen molar-refractivity contribution >= 4 is 0 Å². The van der Waals surface area contributed by atoms with Gasteiger partial charge >= 0.3 is 0 Å². The molecule has 12 heavy (non-hydrogen) atoms. The zero-order valence-electron chi connectivity index (χ0n) is 8.02. The number of hydrogen-bond donors (Lipinski definition) is 0. The Labute approximate surface area is 75.7 Å². The lowest BCUT2D eigenvalue weighted by molar-refractivity contribution is 0.155. The van der Waals surface area contributed by atoms with Gasteiger partial charge in [0.1, 0.15) is 0 Å². The quantitative estimate of drug-likeness (QED) is 0.511. The van der Waals surface area contributed by atoms with Crippen LogP contribution in [0.25, 0.3) is 0 Å². The third-order valence-corrected chi connectivity index (χ3v) is 4.76. The fraction of sp³-hybridized carbons (Fsp3) is 1.00. The molecule has 0 aromatic rings. The molecule has 0 amide bonds. The minimum atomic E-state index is 0.879. The van der Waals surface area contributed by atoms with E-state index in [1.54, 1.807) is 57.8 Å². The van der Waals surface area contributed by atoms with Crippen LogP contribution in [0.1, 0.15) is 57.8 Å². The van der Waals surface area contributed by atoms with E-state index in [1.807, 2.05) is 0 Å². The highest BCUT2D eigenvalue weighted by Crippen LogP contribution is 2.58. The maximum atomic E-state index is 1.61. The van der Waals surface area contributed by atoms with Gasteiger partial charge in [-0.25, -0.2) is 0 Å². The van der Waals surface area contributed by atoms with Gasteiger partial charge in [-0.1, -0.05) is 19.3 Å². The lowest BCUT2D eigenvalue weighted by atomic mass is 9.70. The molecular formula is C12H20. The summed E-state index contributed by atoms with van der Waals surface area (Å²) in [6, 6.07) is 0. The van der Waals surface area contributed by atoms with Crippen LogP contribution in [0.15, 0.2) is 0 Å². The molecule has 0 saturated heterocycles. The third-order valence-electron chi connectivity index (χ3n) is 4.76. The average Bonchev–Trinajstić information content (AvgIpc) is 2.27. The number of fused-ring (bicyclic) bond motifs is 2. The molecule has 3 aliphatic rings. The van der Waals surface area contributed by atoms with Gasteiger partial charge < -0.3 is 0 Å². The minimum absolute atomic E-state index is 0.879. The van der Waals surface area contributed by atoms with E-state index in [4.69, 9.17) is 0 Å². The van der Waals surface area contributed by atoms with Crippen LogP contribution in [0.4, 0.5) is 0 Å². The van der Waals surface area contributed by atoms with Crippen molar-refractivity contribution in [3.05, 3.63) is 0 Å². The van der Waals surface area contributed by atoms with Crippen molar-refractivity contribution in [3.63, 3.8) is 0 Å². The van der Waals surface area contributed by atoms with Crippen LogP contribution in [0, 0.1) is 17.3 Å². The smallest absolute Gasteiger partial charge is 0.0292 e. The Hall–Kier alpha value is 0. The molecule has 3 rings (SSSR count). The van der Waals surface area contributed by atoms with E-state index >= 15 is 0 Å². The second-order valence-electron chi connectivity index (χ2n) is 5.66. The van der Waals surface area contributed by atoms with Gasteiger partial charge in [-0.05, 0) is 55.8 Å². The predicted molar refractivity (Wildman–Crippen MR) is 51.0 cm³/mol. The molecule has 0 radical (unpaired) electrons. The van der Waals surface area contributed by atoms with E-state index in [9.17, 15) is 0 Å². The summed E-state index contributed by atoms with van der Waals surface area (Å²) in [5.41, 5.74) is 0.879. The average molecular weight is 164 g/mol. The van der Waals surface area contributed by atoms with Gasteiger partial charge in [-0.3, -0.25) is 0 Å². The Morgan fingerprint density at radius 1 is 0.833 bits per heavy atom. The Bertz CT molecular complexity index is 184. The molecule has 3 atom stereocenters. The molecule has 0 heteroatoms. The summed E-state index contributed by atoms with van der Waals surface area (Å²) < 4.78 is 0. The first-order valence-electron chi connectivity index (χ1n) is 5.86. The first-order valence-corrected chi connectivity index (χ1v) is 5.86. The SMILES string of the molecule is C1CCC23CCC(CC(C1)C2)C3. The highest BCUT2D eigenvalue weighted by atomic mass is 14.5. The first kappa shape index (κ1) is 7.41. The second-order valence-corrected chi connectivity index (χ2v) is 5.66. The Kier molecular flexibility index (Phi) is 1.54. The summed E-state index contributed by atoms with van der Waals surface area (Å²) in [6.07, 6.45) is 14.2. The van der Waals surface area contributed by atoms with Crippen molar-refractivity contribution in [1.29, 1.82) is 0 Å². The van der Waals surface area contributed by atoms with Gasteiger partial charge in [0.05, 0.1) is 0 Å². The molecule has 0 aromatic heterocycles. The van der Waals surface area contributed by atoms with Gasteiger partial charge in [0.25, 0.3) is 0 Å². The van der Waals surface area contributed by atoms with Crippen LogP contribution >= 0.6 is 0 Å². The van der Waals surface area contributed by atoms with Gasteiger partial charge in [-0.15, -0.1) is 0 Å². The van der Waals surface area contributed by atoms with Crippen molar-refractivity contribution in [2.45, 2.75) is 57.8 Å². The summed E-state index contributed by atoms with van der Waals surface area (Å²) in [5.74, 6) is 2.30. The first-order chi connectivity index (χ1) is 5.86. The van der Waals surface area contributed by atoms with E-state index < -0.39 is 0 Å². The molecular weight excluding hydrogens is 144 g/mol. The summed E-state index contributed by atoms with van der Waals surface area (Å²) in [7, 11) is 0. The Morgan fingerprint density at radius 2 is 1.67 bits per heavy atom. The van der Waals surface area contributed by atoms with E-state index in [2.05, 4.69) is 0 Å². The molecule has 0 aliphatic heterocycles. The van der Waals surface area contributed by atoms with Crippen molar-refractivity contribution in [2.24, 2.45) is 17.3 Å². The highest BCUT2D eigenvalue weighted by molar-refractivity contribution is 4.97. The van der Waals surface area contributed by atoms with Crippen LogP contribution in [-0.2, 0) is 0 Å². The second kappa shape index (κ2) is 2.49. The summed E-state index contributed by atoms with van der Waals surface area (Å²) in [4.78, 5) is 0. The molecule has 3 unspecified atom stereocenters. The maximum Gasteiger partial charge on any atom is -0.0292 e. The topological polar surface area (TPSA) is 0 Å². The number of hydrogen-bond acceptors (Lipinski definition) is 0. The predicted octanol–water partition coefficient (Wildman–Crippen LogP) is 3.76. The summed E-state index contributed by atoms with van der Waals surface area (Å²) >= 11 is 0. The van der Waals surface area contributed by atoms with Crippen LogP contribution in [0.2, 0.25) is 0 Å². The molecule has 0 N–H and O–H groups in total. The van der Waals surface area contributed by atoms with Crippen LogP contribution in [0.5, 0.6) is 0 Å². The normalized spacial score (nSPS) is 52.0. The number of rotatable bonds is 0. The summed E-state index contributed by atoms with van der Waals surface area (Å²) in [5, 5.41) is 0. The van der Waals surface area contributed by atoms with E-state index in [0.29, 0.717) is 0 Å². The third kappa shape index (κ3) is 1.03. The molecule has 3 bridgehead atoms. The maximum absolute atomic E-state index is 1.61. The molecule has 68 valence electrons. The minimum Gasteiger partial charge on any atom is -0.0530 e. The zero-order valence-corrected chi connectivity index (χ0v) is 8.02. The molecule has 0 heterocycles. The fourth-order valence-electron chi connectivity index (χ4n) is 4.36. The largest absolute Gasteiger partial charge is 0.0530 e. The molecule has 3 saturated carbocycles. The molecule has 3 aliphatic carbocycles. The molecule has 0 nitrogen and oxygen atoms in total. The van der Waals surface area contributed by atoms with Gasteiger partial charge in [0, 0.05) is 0 Å². The molecule has 1 spiro atoms. The lowest BCUT2D eigenvalue weighted by Crippen LogP contribution is -2.24. The standard InChI is InChI=1S/C12H20/c1-2-5-12-6-4-11(9-12)7-10(3-1)8-12/h10-11H,1-9H2. The summed E-state index contributed by atoms with van der Waals surface area (Å²) in [6.45, 7) is 0. The van der Waals surface area contributed by atoms with Gasteiger partial charge in [0.15, 0.2) is 0 Å². The van der Waals surface area contributed by atoms with Crippen molar-refractivity contribution in [1.82, 2.24) is 0 Å². The lowest BCUT2D eigenvalue weighted by Gasteiger charge is -2.35. The van der Waals surface area contributed by atoms with E-state index in [1.165, 1.54) is 0 Å². The Balaban J connectivity index is 1.89. The van der Waals surface area contributed by atoms with E-state index in [-0.39, 0.29) is 0 Å². The monoisotopic (exact) mass is 164 g/mol. The van der Waals surface area contributed by atoms with Crippen LogP contribution in [-0.4, -0.2) is 0 Å². The van der Waals surface area contributed by atoms with Crippen LogP contribution < -0.4 is 0 Å². The zero-order chi connectivity index (χ0) is 8.02. The fourth-order valence-corrected chi connectivity index (χ4v) is 4.36. The van der Waals surface area contributed by atoms with Crippen LogP contribution in [0.3, 0.4) is 0 Å². The molecule has 0 aromatic carbocycles. The highest BCUT2D eigenvalue weighted by Gasteiger charge is 2.45. The molecule has 3 fully saturated rings. The van der Waals surface area contributed by atoms with Gasteiger partial charge in [-0.2, -0.15) is 0 Å². The van der Waals surface area contributed by atoms with Crippen molar-refractivity contribution in [2.75, 3.05) is 0 Å². The van der Waals surface area contributed by atoms with Crippen molar-refractivity contribution in [3.8, 4) is 0 Å². The van der Waals surface area contributed by atoms with Gasteiger partial charge in [0.2, 0.25) is 0 Å². The van der Waals surface area contributed by atoms with Crippen molar-refractivity contribution < 1.29 is 0 Å². The Morgan fingerprint density at radius 3 is 2.58 bits per heavy atom. The van der Waals surface area contributed by atoms with E-state index in [0.717, 1.165) is 17.3 Å².